The summed E-state index contributed by atoms with van der Waals surface area (Å²) in [5.74, 6) is 0. The van der Waals surface area contributed by atoms with Crippen LogP contribution in [0.2, 0.25) is 0 Å². The van der Waals surface area contributed by atoms with Crippen molar-refractivity contribution in [2.24, 2.45) is 5.41 Å². The van der Waals surface area contributed by atoms with Crippen LogP contribution in [0.5, 0.6) is 0 Å². The molecule has 0 atom stereocenters. The van der Waals surface area contributed by atoms with Gasteiger partial charge in [-0.15, -0.1) is 0 Å². The molecular weight excluding hydrogens is 202 g/mol. The molecule has 1 saturated heterocycles. The molecule has 3 nitrogen and oxygen atoms in total. The van der Waals surface area contributed by atoms with Gasteiger partial charge in [0.1, 0.15) is 0 Å². The Balaban J connectivity index is 2.48. The van der Waals surface area contributed by atoms with Gasteiger partial charge < -0.3 is 9.47 Å². The third kappa shape index (κ3) is 2.58. The molecule has 0 aromatic heterocycles. The molecule has 0 amide bonds. The molecular formula is C13H27NO2. The fraction of sp³-hybridized carbons (Fsp3) is 1.00. The van der Waals surface area contributed by atoms with Crippen LogP contribution in [0.1, 0.15) is 41.5 Å². The van der Waals surface area contributed by atoms with Crippen LogP contribution in [0.3, 0.4) is 0 Å². The number of rotatable bonds is 6. The molecule has 0 spiro atoms. The molecule has 1 fully saturated rings. The van der Waals surface area contributed by atoms with E-state index in [-0.39, 0.29) is 11.8 Å². The van der Waals surface area contributed by atoms with Crippen molar-refractivity contribution in [3.05, 3.63) is 0 Å². The van der Waals surface area contributed by atoms with Crippen LogP contribution >= 0.6 is 0 Å². The van der Waals surface area contributed by atoms with Gasteiger partial charge in [-0.05, 0) is 33.1 Å². The van der Waals surface area contributed by atoms with E-state index in [1.807, 2.05) is 13.8 Å². The maximum Gasteiger partial charge on any atom is 0.170 e. The number of ether oxygens (including phenoxy) is 2. The Morgan fingerprint density at radius 1 is 1.06 bits per heavy atom. The van der Waals surface area contributed by atoms with Crippen molar-refractivity contribution in [3.63, 3.8) is 0 Å². The summed E-state index contributed by atoms with van der Waals surface area (Å²) in [5, 5.41) is 0. The number of hydrogen-bond acceptors (Lipinski definition) is 3. The van der Waals surface area contributed by atoms with Gasteiger partial charge in [0.25, 0.3) is 0 Å². The van der Waals surface area contributed by atoms with Gasteiger partial charge in [0, 0.05) is 25.3 Å². The summed E-state index contributed by atoms with van der Waals surface area (Å²) in [6.45, 7) is 16.7. The maximum atomic E-state index is 5.59. The Morgan fingerprint density at radius 2 is 1.56 bits per heavy atom. The zero-order valence-corrected chi connectivity index (χ0v) is 11.7. The lowest BCUT2D eigenvalue weighted by atomic mass is 9.65. The van der Waals surface area contributed by atoms with Crippen molar-refractivity contribution >= 4 is 0 Å². The van der Waals surface area contributed by atoms with Crippen LogP contribution in [0.4, 0.5) is 0 Å². The Kier molecular flexibility index (Phi) is 4.38. The van der Waals surface area contributed by atoms with E-state index >= 15 is 0 Å². The number of likely N-dealkylation sites (tertiary alicyclic amines) is 1. The van der Waals surface area contributed by atoms with Crippen LogP contribution in [0.15, 0.2) is 0 Å². The molecule has 0 bridgehead atoms. The largest absolute Gasteiger partial charge is 0.352 e. The zero-order chi connectivity index (χ0) is 12.4. The van der Waals surface area contributed by atoms with E-state index in [1.165, 1.54) is 0 Å². The van der Waals surface area contributed by atoms with Gasteiger partial charge >= 0.3 is 0 Å². The summed E-state index contributed by atoms with van der Waals surface area (Å²) >= 11 is 0. The van der Waals surface area contributed by atoms with Crippen molar-refractivity contribution in [1.29, 1.82) is 0 Å². The second-order valence-electron chi connectivity index (χ2n) is 5.66. The standard InChI is InChI=1S/C13H27NO2/c1-7-15-11(16-8-2)9-14-10-12(3,4)13(14,5)6/h11H,7-10H2,1-6H3. The van der Waals surface area contributed by atoms with Gasteiger partial charge in [0.15, 0.2) is 6.29 Å². The van der Waals surface area contributed by atoms with Gasteiger partial charge in [-0.2, -0.15) is 0 Å². The lowest BCUT2D eigenvalue weighted by molar-refractivity contribution is -0.196. The quantitative estimate of drug-likeness (QED) is 0.653. The average Bonchev–Trinajstić information content (AvgIpc) is 2.17. The third-order valence-electron chi connectivity index (χ3n) is 4.11. The van der Waals surface area contributed by atoms with Crippen LogP contribution in [0.25, 0.3) is 0 Å². The smallest absolute Gasteiger partial charge is 0.170 e. The van der Waals surface area contributed by atoms with E-state index in [2.05, 4.69) is 32.6 Å². The predicted molar refractivity (Wildman–Crippen MR) is 66.5 cm³/mol. The molecule has 1 aliphatic heterocycles. The van der Waals surface area contributed by atoms with Crippen molar-refractivity contribution < 1.29 is 9.47 Å². The van der Waals surface area contributed by atoms with Crippen molar-refractivity contribution in [1.82, 2.24) is 4.90 Å². The fourth-order valence-corrected chi connectivity index (χ4v) is 2.20. The molecule has 0 saturated carbocycles. The summed E-state index contributed by atoms with van der Waals surface area (Å²) in [6, 6.07) is 0. The monoisotopic (exact) mass is 229 g/mol. The minimum Gasteiger partial charge on any atom is -0.352 e. The highest BCUT2D eigenvalue weighted by molar-refractivity contribution is 5.06. The van der Waals surface area contributed by atoms with Gasteiger partial charge in [-0.25, -0.2) is 0 Å². The molecule has 0 aromatic rings. The van der Waals surface area contributed by atoms with Crippen LogP contribution in [-0.2, 0) is 9.47 Å². The average molecular weight is 229 g/mol. The predicted octanol–water partition coefficient (Wildman–Crippen LogP) is 2.51. The minimum atomic E-state index is -0.0784. The summed E-state index contributed by atoms with van der Waals surface area (Å²) in [4.78, 5) is 2.45. The van der Waals surface area contributed by atoms with Gasteiger partial charge in [-0.3, -0.25) is 4.90 Å². The van der Waals surface area contributed by atoms with Crippen molar-refractivity contribution in [2.45, 2.75) is 53.4 Å². The highest BCUT2D eigenvalue weighted by Gasteiger charge is 2.52. The van der Waals surface area contributed by atoms with Crippen LogP contribution in [0, 0.1) is 5.41 Å². The van der Waals surface area contributed by atoms with E-state index in [0.29, 0.717) is 18.6 Å². The Labute approximate surface area is 100 Å². The van der Waals surface area contributed by atoms with E-state index in [4.69, 9.17) is 9.47 Å². The second-order valence-corrected chi connectivity index (χ2v) is 5.66. The molecule has 16 heavy (non-hydrogen) atoms. The fourth-order valence-electron chi connectivity index (χ4n) is 2.20. The lowest BCUT2D eigenvalue weighted by Crippen LogP contribution is -2.70. The highest BCUT2D eigenvalue weighted by atomic mass is 16.7. The Hall–Kier alpha value is -0.120. The van der Waals surface area contributed by atoms with Crippen molar-refractivity contribution in [3.8, 4) is 0 Å². The molecule has 1 rings (SSSR count). The van der Waals surface area contributed by atoms with Gasteiger partial charge in [0.2, 0.25) is 0 Å². The minimum absolute atomic E-state index is 0.0784. The molecule has 0 aromatic carbocycles. The molecule has 0 radical (unpaired) electrons. The van der Waals surface area contributed by atoms with E-state index in [0.717, 1.165) is 13.1 Å². The first-order valence-corrected chi connectivity index (χ1v) is 6.33. The topological polar surface area (TPSA) is 21.7 Å². The molecule has 0 N–H and O–H groups in total. The lowest BCUT2D eigenvalue weighted by Gasteiger charge is -2.62. The van der Waals surface area contributed by atoms with Crippen LogP contribution < -0.4 is 0 Å². The molecule has 0 aliphatic carbocycles. The molecule has 1 aliphatic rings. The molecule has 0 unspecified atom stereocenters. The van der Waals surface area contributed by atoms with Gasteiger partial charge in [0.05, 0.1) is 6.54 Å². The SMILES string of the molecule is CCOC(CN1CC(C)(C)C1(C)C)OCC. The summed E-state index contributed by atoms with van der Waals surface area (Å²) in [6.07, 6.45) is -0.0784. The highest BCUT2D eigenvalue weighted by Crippen LogP contribution is 2.46. The molecule has 96 valence electrons. The zero-order valence-electron chi connectivity index (χ0n) is 11.7. The van der Waals surface area contributed by atoms with Crippen molar-refractivity contribution in [2.75, 3.05) is 26.3 Å². The Morgan fingerprint density at radius 3 is 1.88 bits per heavy atom. The first kappa shape index (κ1) is 13.9. The normalized spacial score (nSPS) is 23.4. The van der Waals surface area contributed by atoms with Gasteiger partial charge in [-0.1, -0.05) is 13.8 Å². The maximum absolute atomic E-state index is 5.59. The van der Waals surface area contributed by atoms with E-state index in [1.54, 1.807) is 0 Å². The third-order valence-corrected chi connectivity index (χ3v) is 4.11. The molecule has 1 heterocycles. The second kappa shape index (κ2) is 5.03. The number of nitrogens with zero attached hydrogens (tertiary/aromatic N) is 1. The van der Waals surface area contributed by atoms with E-state index in [9.17, 15) is 0 Å². The van der Waals surface area contributed by atoms with E-state index < -0.39 is 0 Å². The summed E-state index contributed by atoms with van der Waals surface area (Å²) in [5.41, 5.74) is 0.620. The first-order chi connectivity index (χ1) is 7.35. The Bertz CT molecular complexity index is 220. The number of hydrogen-bond donors (Lipinski definition) is 0. The molecule has 3 heteroatoms. The van der Waals surface area contributed by atoms with Crippen LogP contribution in [-0.4, -0.2) is 43.0 Å². The summed E-state index contributed by atoms with van der Waals surface area (Å²) < 4.78 is 11.2. The summed E-state index contributed by atoms with van der Waals surface area (Å²) in [7, 11) is 0. The first-order valence-electron chi connectivity index (χ1n) is 6.33.